The van der Waals surface area contributed by atoms with Gasteiger partial charge in [0.2, 0.25) is 0 Å². The van der Waals surface area contributed by atoms with Crippen LogP contribution in [-0.2, 0) is 6.54 Å². The average molecular weight is 367 g/mol. The molecule has 4 heteroatoms. The molecule has 0 heterocycles. The van der Waals surface area contributed by atoms with Crippen molar-refractivity contribution in [2.75, 3.05) is 0 Å². The maximum Gasteiger partial charge on any atom is 0.146 e. The number of benzene rings is 2. The summed E-state index contributed by atoms with van der Waals surface area (Å²) < 4.78 is 6.85. The fourth-order valence-electron chi connectivity index (χ4n) is 2.09. The lowest BCUT2D eigenvalue weighted by atomic mass is 10.2. The Morgan fingerprint density at radius 3 is 2.71 bits per heavy atom. The van der Waals surface area contributed by atoms with Crippen molar-refractivity contribution in [2.45, 2.75) is 32.4 Å². The van der Waals surface area contributed by atoms with Gasteiger partial charge in [0.25, 0.3) is 0 Å². The van der Waals surface area contributed by atoms with Gasteiger partial charge in [0, 0.05) is 12.6 Å². The molecule has 2 aromatic rings. The Morgan fingerprint density at radius 1 is 1.19 bits per heavy atom. The zero-order chi connectivity index (χ0) is 14.8. The minimum Gasteiger partial charge on any atom is -0.455 e. The number of hydrogen-bond acceptors (Lipinski definition) is 2. The van der Waals surface area contributed by atoms with Crippen LogP contribution >= 0.6 is 27.5 Å². The molecular formula is C17H17BrClNO. The molecule has 110 valence electrons. The smallest absolute Gasteiger partial charge is 0.146 e. The highest BCUT2D eigenvalue weighted by atomic mass is 79.9. The third-order valence-corrected chi connectivity index (χ3v) is 4.41. The zero-order valence-corrected chi connectivity index (χ0v) is 14.2. The highest BCUT2D eigenvalue weighted by Gasteiger charge is 2.20. The minimum absolute atomic E-state index is 0.618. The molecule has 1 aliphatic rings. The summed E-state index contributed by atoms with van der Waals surface area (Å²) in [6, 6.07) is 12.6. The van der Waals surface area contributed by atoms with Crippen LogP contribution in [0.15, 0.2) is 40.9 Å². The van der Waals surface area contributed by atoms with Gasteiger partial charge < -0.3 is 10.1 Å². The van der Waals surface area contributed by atoms with E-state index in [4.69, 9.17) is 16.3 Å². The van der Waals surface area contributed by atoms with Crippen molar-refractivity contribution in [1.82, 2.24) is 5.32 Å². The molecule has 2 nitrogen and oxygen atoms in total. The van der Waals surface area contributed by atoms with E-state index in [0.29, 0.717) is 16.8 Å². The molecule has 2 aromatic carbocycles. The first-order chi connectivity index (χ1) is 10.1. The van der Waals surface area contributed by atoms with Gasteiger partial charge in [-0.2, -0.15) is 0 Å². The van der Waals surface area contributed by atoms with Crippen LogP contribution in [0.25, 0.3) is 0 Å². The fourth-order valence-corrected chi connectivity index (χ4v) is 2.76. The predicted molar refractivity (Wildman–Crippen MR) is 90.3 cm³/mol. The van der Waals surface area contributed by atoms with Crippen molar-refractivity contribution in [1.29, 1.82) is 0 Å². The van der Waals surface area contributed by atoms with Gasteiger partial charge in [0.1, 0.15) is 11.5 Å². The minimum atomic E-state index is 0.618. The van der Waals surface area contributed by atoms with Crippen molar-refractivity contribution >= 4 is 27.5 Å². The molecule has 1 fully saturated rings. The fraction of sp³-hybridized carbons (Fsp3) is 0.294. The third-order valence-electron chi connectivity index (χ3n) is 3.48. The van der Waals surface area contributed by atoms with E-state index in [0.717, 1.165) is 22.3 Å². The molecule has 0 atom stereocenters. The summed E-state index contributed by atoms with van der Waals surface area (Å²) in [5.74, 6) is 1.46. The van der Waals surface area contributed by atoms with Crippen LogP contribution in [0.2, 0.25) is 5.02 Å². The van der Waals surface area contributed by atoms with Crippen molar-refractivity contribution < 1.29 is 4.74 Å². The number of aryl methyl sites for hydroxylation is 1. The normalized spacial score (nSPS) is 14.2. The zero-order valence-electron chi connectivity index (χ0n) is 11.8. The summed E-state index contributed by atoms with van der Waals surface area (Å²) in [7, 11) is 0. The van der Waals surface area contributed by atoms with Gasteiger partial charge in [-0.15, -0.1) is 0 Å². The highest BCUT2D eigenvalue weighted by Crippen LogP contribution is 2.34. The van der Waals surface area contributed by atoms with E-state index in [-0.39, 0.29) is 0 Å². The largest absolute Gasteiger partial charge is 0.455 e. The molecule has 0 spiro atoms. The van der Waals surface area contributed by atoms with Crippen LogP contribution < -0.4 is 10.1 Å². The molecule has 1 saturated carbocycles. The summed E-state index contributed by atoms with van der Waals surface area (Å²) >= 11 is 9.75. The topological polar surface area (TPSA) is 21.3 Å². The predicted octanol–water partition coefficient (Wildman–Crippen LogP) is 5.46. The monoisotopic (exact) mass is 365 g/mol. The van der Waals surface area contributed by atoms with Gasteiger partial charge in [0.05, 0.1) is 9.50 Å². The van der Waals surface area contributed by atoms with E-state index in [9.17, 15) is 0 Å². The Kier molecular flexibility index (Phi) is 4.53. The number of nitrogens with one attached hydrogen (secondary N) is 1. The molecule has 0 aliphatic heterocycles. The van der Waals surface area contributed by atoms with E-state index in [2.05, 4.69) is 33.4 Å². The average Bonchev–Trinajstić information content (AvgIpc) is 3.27. The summed E-state index contributed by atoms with van der Waals surface area (Å²) in [5, 5.41) is 4.12. The molecule has 1 N–H and O–H groups in total. The van der Waals surface area contributed by atoms with Gasteiger partial charge in [0.15, 0.2) is 0 Å². The number of halogens is 2. The van der Waals surface area contributed by atoms with Crippen LogP contribution in [-0.4, -0.2) is 6.04 Å². The maximum atomic E-state index is 6.17. The quantitative estimate of drug-likeness (QED) is 0.759. The molecule has 0 unspecified atom stereocenters. The number of rotatable bonds is 5. The second-order valence-corrected chi connectivity index (χ2v) is 6.72. The summed E-state index contributed by atoms with van der Waals surface area (Å²) in [6.07, 6.45) is 2.60. The molecule has 0 saturated heterocycles. The number of ether oxygens (including phenoxy) is 1. The molecule has 0 bridgehead atoms. The second kappa shape index (κ2) is 6.39. The molecule has 0 radical (unpaired) electrons. The summed E-state index contributed by atoms with van der Waals surface area (Å²) in [6.45, 7) is 2.92. The summed E-state index contributed by atoms with van der Waals surface area (Å²) in [4.78, 5) is 0. The lowest BCUT2D eigenvalue weighted by Gasteiger charge is -2.11. The Hall–Kier alpha value is -1.03. The first-order valence-corrected chi connectivity index (χ1v) is 8.25. The van der Waals surface area contributed by atoms with Crippen molar-refractivity contribution in [3.63, 3.8) is 0 Å². The van der Waals surface area contributed by atoms with Crippen LogP contribution in [0.1, 0.15) is 24.0 Å². The van der Waals surface area contributed by atoms with Crippen LogP contribution in [0.5, 0.6) is 11.5 Å². The van der Waals surface area contributed by atoms with Gasteiger partial charge in [-0.3, -0.25) is 0 Å². The SMILES string of the molecule is Cc1ccc(Cl)c(Oc2ccc(CNC3CC3)cc2Br)c1. The van der Waals surface area contributed by atoms with E-state index < -0.39 is 0 Å². The molecule has 3 rings (SSSR count). The third kappa shape index (κ3) is 4.00. The second-order valence-electron chi connectivity index (χ2n) is 5.46. The first-order valence-electron chi connectivity index (χ1n) is 7.07. The molecule has 0 amide bonds. The standard InChI is InChI=1S/C17H17BrClNO/c1-11-2-6-15(19)17(8-11)21-16-7-3-12(9-14(16)18)10-20-13-4-5-13/h2-3,6-9,13,20H,4-5,10H2,1H3. The molecule has 1 aliphatic carbocycles. The van der Waals surface area contributed by atoms with Crippen LogP contribution in [0, 0.1) is 6.92 Å². The van der Waals surface area contributed by atoms with Crippen LogP contribution in [0.3, 0.4) is 0 Å². The lowest BCUT2D eigenvalue weighted by molar-refractivity contribution is 0.479. The van der Waals surface area contributed by atoms with Crippen molar-refractivity contribution in [2.24, 2.45) is 0 Å². The van der Waals surface area contributed by atoms with Crippen molar-refractivity contribution in [3.8, 4) is 11.5 Å². The highest BCUT2D eigenvalue weighted by molar-refractivity contribution is 9.10. The van der Waals surface area contributed by atoms with Gasteiger partial charge in [-0.25, -0.2) is 0 Å². The lowest BCUT2D eigenvalue weighted by Crippen LogP contribution is -2.15. The molecular weight excluding hydrogens is 350 g/mol. The van der Waals surface area contributed by atoms with E-state index in [1.165, 1.54) is 18.4 Å². The summed E-state index contributed by atoms with van der Waals surface area (Å²) in [5.41, 5.74) is 2.37. The van der Waals surface area contributed by atoms with E-state index in [1.807, 2.05) is 31.2 Å². The Bertz CT molecular complexity index is 655. The van der Waals surface area contributed by atoms with Gasteiger partial charge in [-0.1, -0.05) is 23.7 Å². The number of hydrogen-bond donors (Lipinski definition) is 1. The van der Waals surface area contributed by atoms with Gasteiger partial charge in [-0.05, 0) is 71.1 Å². The maximum absolute atomic E-state index is 6.17. The first kappa shape index (κ1) is 14.9. The van der Waals surface area contributed by atoms with Gasteiger partial charge >= 0.3 is 0 Å². The van der Waals surface area contributed by atoms with E-state index in [1.54, 1.807) is 0 Å². The van der Waals surface area contributed by atoms with E-state index >= 15 is 0 Å². The molecule has 21 heavy (non-hydrogen) atoms. The Labute approximate surface area is 138 Å². The van der Waals surface area contributed by atoms with Crippen LogP contribution in [0.4, 0.5) is 0 Å². The Morgan fingerprint density at radius 2 is 2.00 bits per heavy atom. The Balaban J connectivity index is 1.74. The van der Waals surface area contributed by atoms with Crippen molar-refractivity contribution in [3.05, 3.63) is 57.0 Å². The molecule has 0 aromatic heterocycles.